The Morgan fingerprint density at radius 3 is 2.41 bits per heavy atom. The van der Waals surface area contributed by atoms with E-state index in [4.69, 9.17) is 5.73 Å². The van der Waals surface area contributed by atoms with Crippen molar-refractivity contribution < 1.29 is 9.59 Å². The van der Waals surface area contributed by atoms with E-state index in [9.17, 15) is 9.59 Å². The SMILES string of the molecule is Cc1ccccc1Nc1nc(N)nc(CN2C(=O)C3CC=CCC3C2=O)n1. The Hall–Kier alpha value is -3.29. The fraction of sp³-hybridized carbons (Fsp3) is 0.316. The number of carbonyl (C=O) groups is 2. The Bertz CT molecular complexity index is 916. The first kappa shape index (κ1) is 17.1. The van der Waals surface area contributed by atoms with Crippen molar-refractivity contribution in [2.45, 2.75) is 26.3 Å². The first-order valence-corrected chi connectivity index (χ1v) is 8.86. The number of nitrogens with zero attached hydrogens (tertiary/aromatic N) is 4. The number of likely N-dealkylation sites (tertiary alicyclic amines) is 1. The Morgan fingerprint density at radius 1 is 1.07 bits per heavy atom. The normalized spacial score (nSPS) is 21.4. The van der Waals surface area contributed by atoms with Gasteiger partial charge in [-0.3, -0.25) is 14.5 Å². The van der Waals surface area contributed by atoms with Gasteiger partial charge < -0.3 is 11.1 Å². The average molecular weight is 364 g/mol. The van der Waals surface area contributed by atoms with Gasteiger partial charge in [0.2, 0.25) is 23.7 Å². The lowest BCUT2D eigenvalue weighted by Gasteiger charge is -2.15. The van der Waals surface area contributed by atoms with Gasteiger partial charge in [-0.25, -0.2) is 0 Å². The number of fused-ring (bicyclic) bond motifs is 1. The molecular weight excluding hydrogens is 344 g/mol. The lowest BCUT2D eigenvalue weighted by atomic mass is 9.85. The quantitative estimate of drug-likeness (QED) is 0.629. The van der Waals surface area contributed by atoms with Crippen molar-refractivity contribution in [1.82, 2.24) is 19.9 Å². The van der Waals surface area contributed by atoms with Gasteiger partial charge in [0.15, 0.2) is 5.82 Å². The van der Waals surface area contributed by atoms with Crippen molar-refractivity contribution in [3.8, 4) is 0 Å². The molecule has 1 aliphatic heterocycles. The number of allylic oxidation sites excluding steroid dienone is 2. The van der Waals surface area contributed by atoms with E-state index >= 15 is 0 Å². The Kier molecular flexibility index (Phi) is 4.31. The minimum absolute atomic E-state index is 0.000160. The number of nitrogens with one attached hydrogen (secondary N) is 1. The van der Waals surface area contributed by atoms with Crippen molar-refractivity contribution in [2.24, 2.45) is 11.8 Å². The van der Waals surface area contributed by atoms with Gasteiger partial charge in [0, 0.05) is 5.69 Å². The van der Waals surface area contributed by atoms with Gasteiger partial charge in [0.05, 0.1) is 18.4 Å². The molecule has 1 aromatic heterocycles. The highest BCUT2D eigenvalue weighted by Gasteiger charge is 2.47. The molecule has 8 nitrogen and oxygen atoms in total. The first-order valence-electron chi connectivity index (χ1n) is 8.86. The summed E-state index contributed by atoms with van der Waals surface area (Å²) in [6.07, 6.45) is 5.12. The predicted molar refractivity (Wildman–Crippen MR) is 99.6 cm³/mol. The molecule has 4 rings (SSSR count). The molecule has 1 aliphatic carbocycles. The number of aromatic nitrogens is 3. The highest BCUT2D eigenvalue weighted by Crippen LogP contribution is 2.35. The summed E-state index contributed by atoms with van der Waals surface area (Å²) in [4.78, 5) is 39.0. The fourth-order valence-corrected chi connectivity index (χ4v) is 3.56. The topological polar surface area (TPSA) is 114 Å². The molecule has 2 aromatic rings. The van der Waals surface area contributed by atoms with Crippen LogP contribution in [0.1, 0.15) is 24.2 Å². The molecule has 2 heterocycles. The van der Waals surface area contributed by atoms with E-state index in [-0.39, 0.29) is 47.9 Å². The summed E-state index contributed by atoms with van der Waals surface area (Å²) in [5.74, 6) is -0.271. The Morgan fingerprint density at radius 2 is 1.74 bits per heavy atom. The molecule has 2 atom stereocenters. The summed E-state index contributed by atoms with van der Waals surface area (Å²) in [6, 6.07) is 7.70. The van der Waals surface area contributed by atoms with Crippen molar-refractivity contribution in [2.75, 3.05) is 11.1 Å². The lowest BCUT2D eigenvalue weighted by molar-refractivity contribution is -0.140. The van der Waals surface area contributed by atoms with E-state index < -0.39 is 0 Å². The van der Waals surface area contributed by atoms with E-state index in [1.54, 1.807) is 0 Å². The number of amides is 2. The number of para-hydroxylation sites is 1. The molecule has 0 saturated carbocycles. The minimum Gasteiger partial charge on any atom is -0.368 e. The molecule has 8 heteroatoms. The van der Waals surface area contributed by atoms with Gasteiger partial charge in [-0.05, 0) is 31.4 Å². The molecule has 27 heavy (non-hydrogen) atoms. The Balaban J connectivity index is 1.56. The third-order valence-electron chi connectivity index (χ3n) is 4.99. The van der Waals surface area contributed by atoms with Crippen LogP contribution in [0.2, 0.25) is 0 Å². The van der Waals surface area contributed by atoms with Gasteiger partial charge in [-0.1, -0.05) is 30.4 Å². The van der Waals surface area contributed by atoms with Gasteiger partial charge >= 0.3 is 0 Å². The zero-order valence-electron chi connectivity index (χ0n) is 14.9. The number of benzene rings is 1. The van der Waals surface area contributed by atoms with Gasteiger partial charge in [0.25, 0.3) is 0 Å². The van der Waals surface area contributed by atoms with E-state index in [1.165, 1.54) is 4.90 Å². The van der Waals surface area contributed by atoms with E-state index in [0.717, 1.165) is 11.3 Å². The van der Waals surface area contributed by atoms with E-state index in [2.05, 4.69) is 20.3 Å². The van der Waals surface area contributed by atoms with Gasteiger partial charge in [-0.2, -0.15) is 15.0 Å². The molecule has 1 fully saturated rings. The minimum atomic E-state index is -0.272. The average Bonchev–Trinajstić information content (AvgIpc) is 2.89. The highest BCUT2D eigenvalue weighted by molar-refractivity contribution is 6.05. The number of aryl methyl sites for hydroxylation is 1. The number of hydrogen-bond donors (Lipinski definition) is 2. The van der Waals surface area contributed by atoms with Crippen LogP contribution in [0, 0.1) is 18.8 Å². The van der Waals surface area contributed by atoms with Crippen LogP contribution in [-0.2, 0) is 16.1 Å². The standard InChI is InChI=1S/C19H20N6O2/c1-11-6-2-5-9-14(11)21-19-23-15(22-18(20)24-19)10-25-16(26)12-7-3-4-8-13(12)17(25)27/h2-6,9,12-13H,7-8,10H2,1H3,(H3,20,21,22,23,24). The van der Waals surface area contributed by atoms with Crippen LogP contribution in [0.15, 0.2) is 36.4 Å². The maximum atomic E-state index is 12.6. The van der Waals surface area contributed by atoms with Crippen molar-refractivity contribution in [3.05, 3.63) is 47.8 Å². The molecule has 0 bridgehead atoms. The number of hydrogen-bond acceptors (Lipinski definition) is 7. The van der Waals surface area contributed by atoms with Crippen LogP contribution in [0.3, 0.4) is 0 Å². The molecule has 1 aromatic carbocycles. The lowest BCUT2D eigenvalue weighted by Crippen LogP contribution is -2.31. The summed E-state index contributed by atoms with van der Waals surface area (Å²) in [5, 5.41) is 3.11. The first-order chi connectivity index (χ1) is 13.0. The van der Waals surface area contributed by atoms with Gasteiger partial charge in [-0.15, -0.1) is 0 Å². The van der Waals surface area contributed by atoms with Crippen molar-refractivity contribution >= 4 is 29.4 Å². The third kappa shape index (κ3) is 3.25. The number of imide groups is 1. The molecule has 0 spiro atoms. The molecule has 2 amide bonds. The molecule has 138 valence electrons. The molecule has 2 aliphatic rings. The van der Waals surface area contributed by atoms with Crippen LogP contribution in [0.4, 0.5) is 17.6 Å². The van der Waals surface area contributed by atoms with Crippen LogP contribution in [0.25, 0.3) is 0 Å². The monoisotopic (exact) mass is 364 g/mol. The third-order valence-corrected chi connectivity index (χ3v) is 4.99. The van der Waals surface area contributed by atoms with Crippen LogP contribution in [-0.4, -0.2) is 31.7 Å². The maximum absolute atomic E-state index is 12.6. The molecular formula is C19H20N6O2. The zero-order chi connectivity index (χ0) is 19.0. The van der Waals surface area contributed by atoms with Crippen molar-refractivity contribution in [3.63, 3.8) is 0 Å². The highest BCUT2D eigenvalue weighted by atomic mass is 16.2. The zero-order valence-corrected chi connectivity index (χ0v) is 14.9. The number of nitrogens with two attached hydrogens (primary N) is 1. The molecule has 3 N–H and O–H groups in total. The summed E-state index contributed by atoms with van der Waals surface area (Å²) >= 11 is 0. The number of nitrogen functional groups attached to an aromatic ring is 1. The number of carbonyl (C=O) groups excluding carboxylic acids is 2. The van der Waals surface area contributed by atoms with Crippen LogP contribution in [0.5, 0.6) is 0 Å². The largest absolute Gasteiger partial charge is 0.368 e. The summed E-state index contributed by atoms with van der Waals surface area (Å²) in [6.45, 7) is 1.96. The van der Waals surface area contributed by atoms with Crippen LogP contribution < -0.4 is 11.1 Å². The summed E-state index contributed by atoms with van der Waals surface area (Å²) in [7, 11) is 0. The van der Waals surface area contributed by atoms with Gasteiger partial charge in [0.1, 0.15) is 0 Å². The van der Waals surface area contributed by atoms with Crippen LogP contribution >= 0.6 is 0 Å². The molecule has 0 radical (unpaired) electrons. The van der Waals surface area contributed by atoms with E-state index in [0.29, 0.717) is 12.8 Å². The van der Waals surface area contributed by atoms with Crippen molar-refractivity contribution in [1.29, 1.82) is 0 Å². The fourth-order valence-electron chi connectivity index (χ4n) is 3.56. The maximum Gasteiger partial charge on any atom is 0.233 e. The smallest absolute Gasteiger partial charge is 0.233 e. The molecule has 1 saturated heterocycles. The second kappa shape index (κ2) is 6.79. The summed E-state index contributed by atoms with van der Waals surface area (Å²) < 4.78 is 0. The molecule has 2 unspecified atom stereocenters. The second-order valence-corrected chi connectivity index (χ2v) is 6.79. The second-order valence-electron chi connectivity index (χ2n) is 6.79. The summed E-state index contributed by atoms with van der Waals surface area (Å²) in [5.41, 5.74) is 7.69. The van der Waals surface area contributed by atoms with E-state index in [1.807, 2.05) is 43.3 Å². The predicted octanol–water partition coefficient (Wildman–Crippen LogP) is 1.96. The Labute approximate surface area is 156 Å². The number of rotatable bonds is 4. The number of anilines is 3.